The predicted molar refractivity (Wildman–Crippen MR) is 60.1 cm³/mol. The van der Waals surface area contributed by atoms with Crippen LogP contribution in [-0.4, -0.2) is 15.3 Å². The lowest BCUT2D eigenvalue weighted by Crippen LogP contribution is -1.94. The van der Waals surface area contributed by atoms with Crippen molar-refractivity contribution in [3.63, 3.8) is 0 Å². The molecule has 3 nitrogen and oxygen atoms in total. The Labute approximate surface area is 88.7 Å². The van der Waals surface area contributed by atoms with E-state index >= 15 is 0 Å². The van der Waals surface area contributed by atoms with E-state index in [2.05, 4.69) is 4.98 Å². The Morgan fingerprint density at radius 2 is 2.27 bits per heavy atom. The highest BCUT2D eigenvalue weighted by Gasteiger charge is 2.12. The first kappa shape index (κ1) is 9.90. The van der Waals surface area contributed by atoms with Gasteiger partial charge in [0.05, 0.1) is 0 Å². The second-order valence-corrected chi connectivity index (χ2v) is 3.81. The fourth-order valence-corrected chi connectivity index (χ4v) is 1.78. The molecule has 0 atom stereocenters. The predicted octanol–water partition coefficient (Wildman–Crippen LogP) is 2.47. The number of aryl methyl sites for hydroxylation is 2. The molecule has 0 aromatic carbocycles. The molecule has 2 heterocycles. The van der Waals surface area contributed by atoms with Gasteiger partial charge in [-0.3, -0.25) is 4.79 Å². The van der Waals surface area contributed by atoms with Crippen molar-refractivity contribution in [1.82, 2.24) is 9.55 Å². The van der Waals surface area contributed by atoms with Crippen molar-refractivity contribution in [2.24, 2.45) is 7.05 Å². The van der Waals surface area contributed by atoms with Crippen LogP contribution in [0.2, 0.25) is 0 Å². The summed E-state index contributed by atoms with van der Waals surface area (Å²) in [6, 6.07) is 2.02. The van der Waals surface area contributed by atoms with Crippen LogP contribution in [0.3, 0.4) is 0 Å². The molecule has 0 unspecified atom stereocenters. The summed E-state index contributed by atoms with van der Waals surface area (Å²) >= 11 is 0. The van der Waals surface area contributed by atoms with Crippen molar-refractivity contribution in [3.8, 4) is 0 Å². The fraction of sp³-hybridized carbons (Fsp3) is 0.333. The Morgan fingerprint density at radius 3 is 2.93 bits per heavy atom. The number of rotatable bonds is 2. The summed E-state index contributed by atoms with van der Waals surface area (Å²) in [5.41, 5.74) is 2.74. The summed E-state index contributed by atoms with van der Waals surface area (Å²) < 4.78 is 1.90. The van der Waals surface area contributed by atoms with Gasteiger partial charge in [-0.25, -0.2) is 4.98 Å². The molecule has 0 spiro atoms. The number of aromatic nitrogens is 2. The zero-order valence-corrected chi connectivity index (χ0v) is 9.24. The van der Waals surface area contributed by atoms with Gasteiger partial charge in [0.15, 0.2) is 5.78 Å². The molecule has 3 heteroatoms. The number of carbonyl (C=O) groups excluding carboxylic acids is 1. The maximum atomic E-state index is 11.7. The van der Waals surface area contributed by atoms with Crippen LogP contribution in [0, 0.1) is 6.92 Å². The number of Topliss-reactive ketones (excluding diaryl/α,β-unsaturated/α-hetero) is 1. The number of fused-ring (bicyclic) bond motifs is 1. The average molecular weight is 202 g/mol. The highest BCUT2D eigenvalue weighted by Crippen LogP contribution is 2.20. The molecule has 2 aromatic rings. The molecular weight excluding hydrogens is 188 g/mol. The quantitative estimate of drug-likeness (QED) is 0.701. The largest absolute Gasteiger partial charge is 0.335 e. The molecule has 0 fully saturated rings. The van der Waals surface area contributed by atoms with E-state index in [0.717, 1.165) is 22.2 Å². The summed E-state index contributed by atoms with van der Waals surface area (Å²) in [6.07, 6.45) is 4.22. The first-order chi connectivity index (χ1) is 7.13. The molecular formula is C12H14N2O. The minimum absolute atomic E-state index is 0.174. The molecule has 0 N–H and O–H groups in total. The zero-order chi connectivity index (χ0) is 11.0. The van der Waals surface area contributed by atoms with Crippen LogP contribution in [0.1, 0.15) is 29.3 Å². The highest BCUT2D eigenvalue weighted by atomic mass is 16.1. The minimum Gasteiger partial charge on any atom is -0.335 e. The molecule has 15 heavy (non-hydrogen) atoms. The van der Waals surface area contributed by atoms with Gasteiger partial charge in [0, 0.05) is 36.8 Å². The van der Waals surface area contributed by atoms with E-state index in [1.165, 1.54) is 0 Å². The molecule has 0 aliphatic heterocycles. The van der Waals surface area contributed by atoms with Gasteiger partial charge in [0.1, 0.15) is 5.65 Å². The van der Waals surface area contributed by atoms with E-state index in [0.29, 0.717) is 6.42 Å². The number of hydrogen-bond acceptors (Lipinski definition) is 2. The Hall–Kier alpha value is -1.64. The van der Waals surface area contributed by atoms with Crippen molar-refractivity contribution in [3.05, 3.63) is 29.6 Å². The molecule has 2 rings (SSSR count). The van der Waals surface area contributed by atoms with Crippen molar-refractivity contribution in [2.45, 2.75) is 20.3 Å². The maximum Gasteiger partial charge on any atom is 0.164 e. The summed E-state index contributed by atoms with van der Waals surface area (Å²) in [7, 11) is 1.91. The first-order valence-electron chi connectivity index (χ1n) is 5.08. The Bertz CT molecular complexity index is 526. The third-order valence-electron chi connectivity index (χ3n) is 2.57. The van der Waals surface area contributed by atoms with E-state index < -0.39 is 0 Å². The first-order valence-corrected chi connectivity index (χ1v) is 5.08. The molecule has 0 bridgehead atoms. The third-order valence-corrected chi connectivity index (χ3v) is 2.57. The normalized spacial score (nSPS) is 10.9. The van der Waals surface area contributed by atoms with Crippen molar-refractivity contribution in [1.29, 1.82) is 0 Å². The lowest BCUT2D eigenvalue weighted by Gasteiger charge is -1.96. The SMILES string of the molecule is CCC(=O)c1cn(C)c2ncc(C)cc12. The Morgan fingerprint density at radius 1 is 1.53 bits per heavy atom. The Balaban J connectivity index is 2.75. The van der Waals surface area contributed by atoms with Gasteiger partial charge in [0.25, 0.3) is 0 Å². The van der Waals surface area contributed by atoms with Crippen LogP contribution >= 0.6 is 0 Å². The van der Waals surface area contributed by atoms with Crippen molar-refractivity contribution in [2.75, 3.05) is 0 Å². The maximum absolute atomic E-state index is 11.7. The van der Waals surface area contributed by atoms with Crippen LogP contribution in [0.5, 0.6) is 0 Å². The van der Waals surface area contributed by atoms with Crippen LogP contribution in [0.15, 0.2) is 18.5 Å². The smallest absolute Gasteiger partial charge is 0.164 e. The molecule has 78 valence electrons. The van der Waals surface area contributed by atoms with Crippen LogP contribution in [0.4, 0.5) is 0 Å². The standard InChI is InChI=1S/C12H14N2O/c1-4-11(15)10-7-14(3)12-9(10)5-8(2)6-13-12/h5-7H,4H2,1-3H3. The van der Waals surface area contributed by atoms with E-state index in [1.54, 1.807) is 0 Å². The second kappa shape index (κ2) is 3.50. The van der Waals surface area contributed by atoms with E-state index in [9.17, 15) is 4.79 Å². The van der Waals surface area contributed by atoms with Crippen LogP contribution in [0.25, 0.3) is 11.0 Å². The van der Waals surface area contributed by atoms with Gasteiger partial charge in [-0.15, -0.1) is 0 Å². The number of hydrogen-bond donors (Lipinski definition) is 0. The summed E-state index contributed by atoms with van der Waals surface area (Å²) in [5, 5.41) is 0.962. The second-order valence-electron chi connectivity index (χ2n) is 3.81. The lowest BCUT2D eigenvalue weighted by molar-refractivity contribution is 0.0989. The number of nitrogens with zero attached hydrogens (tertiary/aromatic N) is 2. The van der Waals surface area contributed by atoms with E-state index in [-0.39, 0.29) is 5.78 Å². The fourth-order valence-electron chi connectivity index (χ4n) is 1.78. The van der Waals surface area contributed by atoms with Gasteiger partial charge >= 0.3 is 0 Å². The van der Waals surface area contributed by atoms with Crippen LogP contribution < -0.4 is 0 Å². The zero-order valence-electron chi connectivity index (χ0n) is 9.24. The van der Waals surface area contributed by atoms with Gasteiger partial charge < -0.3 is 4.57 Å². The third kappa shape index (κ3) is 1.54. The van der Waals surface area contributed by atoms with Gasteiger partial charge in [0.2, 0.25) is 0 Å². The van der Waals surface area contributed by atoms with Crippen LogP contribution in [-0.2, 0) is 7.05 Å². The molecule has 0 radical (unpaired) electrons. The lowest BCUT2D eigenvalue weighted by atomic mass is 10.1. The number of pyridine rings is 1. The molecule has 2 aromatic heterocycles. The summed E-state index contributed by atoms with van der Waals surface area (Å²) in [6.45, 7) is 3.87. The molecule has 0 amide bonds. The van der Waals surface area contributed by atoms with E-state index in [1.807, 2.05) is 43.9 Å². The van der Waals surface area contributed by atoms with Gasteiger partial charge in [-0.05, 0) is 18.6 Å². The molecule has 0 aliphatic carbocycles. The minimum atomic E-state index is 0.174. The van der Waals surface area contributed by atoms with Crippen molar-refractivity contribution < 1.29 is 4.79 Å². The summed E-state index contributed by atoms with van der Waals surface area (Å²) in [4.78, 5) is 16.0. The molecule has 0 aliphatic rings. The average Bonchev–Trinajstić information content (AvgIpc) is 2.54. The Kier molecular flexibility index (Phi) is 2.31. The van der Waals surface area contributed by atoms with Gasteiger partial charge in [-0.1, -0.05) is 6.92 Å². The number of carbonyl (C=O) groups is 1. The van der Waals surface area contributed by atoms with E-state index in [4.69, 9.17) is 0 Å². The molecule has 0 saturated heterocycles. The number of ketones is 1. The topological polar surface area (TPSA) is 34.9 Å². The highest BCUT2D eigenvalue weighted by molar-refractivity contribution is 6.07. The van der Waals surface area contributed by atoms with Crippen molar-refractivity contribution >= 4 is 16.8 Å². The van der Waals surface area contributed by atoms with Gasteiger partial charge in [-0.2, -0.15) is 0 Å². The monoisotopic (exact) mass is 202 g/mol. The molecule has 0 saturated carbocycles. The summed E-state index contributed by atoms with van der Waals surface area (Å²) in [5.74, 6) is 0.174.